The molecule has 0 saturated carbocycles. The van der Waals surface area contributed by atoms with Gasteiger partial charge in [0.25, 0.3) is 0 Å². The van der Waals surface area contributed by atoms with Gasteiger partial charge in [-0.2, -0.15) is 13.2 Å². The molecule has 1 heterocycles. The van der Waals surface area contributed by atoms with E-state index in [9.17, 15) is 18.3 Å². The molecule has 1 aliphatic rings. The van der Waals surface area contributed by atoms with E-state index in [1.807, 2.05) is 0 Å². The molecule has 1 atom stereocenters. The topological polar surface area (TPSA) is 35.5 Å². The lowest BCUT2D eigenvalue weighted by molar-refractivity contribution is -0.187. The fraction of sp³-hybridized carbons (Fsp3) is 0.500. The first-order valence-corrected chi connectivity index (χ1v) is 6.27. The van der Waals surface area contributed by atoms with Crippen molar-refractivity contribution >= 4 is 36.4 Å². The highest BCUT2D eigenvalue weighted by molar-refractivity contribution is 6.32. The minimum atomic E-state index is -4.38. The lowest BCUT2D eigenvalue weighted by Crippen LogP contribution is -2.49. The number of nitrogens with zero attached hydrogens (tertiary/aromatic N) is 1. The van der Waals surface area contributed by atoms with Crippen LogP contribution in [0, 0.1) is 0 Å². The Bertz CT molecular complexity index is 454. The molecule has 0 amide bonds. The van der Waals surface area contributed by atoms with Crippen LogP contribution in [0.3, 0.4) is 0 Å². The number of phenols is 1. The fourth-order valence-corrected chi connectivity index (χ4v) is 2.43. The van der Waals surface area contributed by atoms with Crippen LogP contribution in [0.4, 0.5) is 13.2 Å². The lowest BCUT2D eigenvalue weighted by atomic mass is 10.0. The summed E-state index contributed by atoms with van der Waals surface area (Å²) in [5, 5.41) is 12.3. The zero-order chi connectivity index (χ0) is 14.0. The van der Waals surface area contributed by atoms with E-state index in [4.69, 9.17) is 11.6 Å². The summed E-state index contributed by atoms with van der Waals surface area (Å²) in [5.41, 5.74) is 0.0530. The Morgan fingerprint density at radius 1 is 1.19 bits per heavy atom. The van der Waals surface area contributed by atoms with Crippen molar-refractivity contribution < 1.29 is 18.3 Å². The van der Waals surface area contributed by atoms with Crippen molar-refractivity contribution in [2.45, 2.75) is 12.2 Å². The molecule has 0 spiro atoms. The minimum Gasteiger partial charge on any atom is -0.506 e. The molecule has 2 N–H and O–H groups in total. The largest absolute Gasteiger partial charge is 0.506 e. The Labute approximate surface area is 138 Å². The van der Waals surface area contributed by atoms with Crippen molar-refractivity contribution in [2.24, 2.45) is 0 Å². The van der Waals surface area contributed by atoms with Crippen molar-refractivity contribution in [1.29, 1.82) is 0 Å². The maximum absolute atomic E-state index is 13.3. The molecule has 122 valence electrons. The Kier molecular flexibility index (Phi) is 8.13. The van der Waals surface area contributed by atoms with Crippen molar-refractivity contribution in [3.63, 3.8) is 0 Å². The molecule has 1 aromatic carbocycles. The number of hydrogen-bond acceptors (Lipinski definition) is 3. The number of nitrogens with one attached hydrogen (secondary N) is 1. The standard InChI is InChI=1S/C12H14ClF3N2O.2ClH/c13-9-7-8(1-2-10(9)19)11(12(14,15)16)18-5-3-17-4-6-18;;/h1-2,7,11,17,19H,3-6H2;2*1H/t11-;;/m1../s1. The van der Waals surface area contributed by atoms with Gasteiger partial charge in [-0.15, -0.1) is 24.8 Å². The number of hydrogen-bond donors (Lipinski definition) is 2. The van der Waals surface area contributed by atoms with Crippen molar-refractivity contribution in [3.8, 4) is 5.75 Å². The average molecular weight is 368 g/mol. The van der Waals surface area contributed by atoms with Gasteiger partial charge in [0.15, 0.2) is 0 Å². The third-order valence-corrected chi connectivity index (χ3v) is 3.42. The molecule has 9 heteroatoms. The second kappa shape index (κ2) is 8.29. The number of benzene rings is 1. The van der Waals surface area contributed by atoms with E-state index < -0.39 is 12.2 Å². The molecule has 1 aliphatic heterocycles. The predicted octanol–water partition coefficient (Wildman–Crippen LogP) is 3.40. The summed E-state index contributed by atoms with van der Waals surface area (Å²) in [7, 11) is 0. The number of halogens is 6. The maximum atomic E-state index is 13.3. The zero-order valence-electron chi connectivity index (χ0n) is 10.9. The van der Waals surface area contributed by atoms with Gasteiger partial charge in [0.05, 0.1) is 5.02 Å². The quantitative estimate of drug-likeness (QED) is 0.841. The van der Waals surface area contributed by atoms with Gasteiger partial charge in [0, 0.05) is 26.2 Å². The van der Waals surface area contributed by atoms with E-state index in [-0.39, 0.29) is 41.1 Å². The van der Waals surface area contributed by atoms with Crippen molar-refractivity contribution in [3.05, 3.63) is 28.8 Å². The number of piperazine rings is 1. The predicted molar refractivity (Wildman–Crippen MR) is 80.9 cm³/mol. The monoisotopic (exact) mass is 366 g/mol. The van der Waals surface area contributed by atoms with Crippen LogP contribution in [0.5, 0.6) is 5.75 Å². The molecule has 2 rings (SSSR count). The first kappa shape index (κ1) is 20.6. The summed E-state index contributed by atoms with van der Waals surface area (Å²) in [6, 6.07) is 1.95. The van der Waals surface area contributed by atoms with Crippen molar-refractivity contribution in [2.75, 3.05) is 26.2 Å². The molecule has 1 aromatic rings. The fourth-order valence-electron chi connectivity index (χ4n) is 2.24. The molecule has 0 bridgehead atoms. The third kappa shape index (κ3) is 5.07. The molecular weight excluding hydrogens is 351 g/mol. The van der Waals surface area contributed by atoms with Crippen LogP contribution < -0.4 is 5.32 Å². The van der Waals surface area contributed by atoms with Gasteiger partial charge in [-0.1, -0.05) is 17.7 Å². The van der Waals surface area contributed by atoms with Gasteiger partial charge >= 0.3 is 6.18 Å². The molecule has 0 radical (unpaired) electrons. The summed E-state index contributed by atoms with van der Waals surface area (Å²) < 4.78 is 39.8. The highest BCUT2D eigenvalue weighted by atomic mass is 35.5. The van der Waals surface area contributed by atoms with E-state index in [1.165, 1.54) is 23.1 Å². The molecule has 1 saturated heterocycles. The van der Waals surface area contributed by atoms with Crippen LogP contribution in [0.25, 0.3) is 0 Å². The van der Waals surface area contributed by atoms with Gasteiger partial charge in [0.1, 0.15) is 11.8 Å². The van der Waals surface area contributed by atoms with Crippen LogP contribution in [0.2, 0.25) is 5.02 Å². The minimum absolute atomic E-state index is 0. The van der Waals surface area contributed by atoms with Crippen molar-refractivity contribution in [1.82, 2.24) is 10.2 Å². The Hall–Kier alpha value is -0.400. The molecule has 1 fully saturated rings. The number of alkyl halides is 3. The van der Waals surface area contributed by atoms with Gasteiger partial charge < -0.3 is 10.4 Å². The van der Waals surface area contributed by atoms with E-state index in [0.717, 1.165) is 0 Å². The van der Waals surface area contributed by atoms with E-state index in [0.29, 0.717) is 26.2 Å². The molecule has 3 nitrogen and oxygen atoms in total. The van der Waals surface area contributed by atoms with Gasteiger partial charge in [-0.25, -0.2) is 0 Å². The van der Waals surface area contributed by atoms with E-state index in [1.54, 1.807) is 0 Å². The van der Waals surface area contributed by atoms with Crippen LogP contribution >= 0.6 is 36.4 Å². The van der Waals surface area contributed by atoms with Crippen LogP contribution in [-0.4, -0.2) is 42.4 Å². The summed E-state index contributed by atoms with van der Waals surface area (Å²) in [4.78, 5) is 1.37. The molecule has 0 unspecified atom stereocenters. The maximum Gasteiger partial charge on any atom is 0.408 e. The summed E-state index contributed by atoms with van der Waals surface area (Å²) >= 11 is 5.70. The molecule has 21 heavy (non-hydrogen) atoms. The average Bonchev–Trinajstić information content (AvgIpc) is 2.34. The molecular formula is C12H16Cl3F3N2O. The van der Waals surface area contributed by atoms with Gasteiger partial charge in [0.2, 0.25) is 0 Å². The smallest absolute Gasteiger partial charge is 0.408 e. The van der Waals surface area contributed by atoms with E-state index in [2.05, 4.69) is 5.32 Å². The van der Waals surface area contributed by atoms with Crippen LogP contribution in [0.1, 0.15) is 11.6 Å². The highest BCUT2D eigenvalue weighted by Gasteiger charge is 2.45. The second-order valence-corrected chi connectivity index (χ2v) is 4.85. The Balaban J connectivity index is 0.00000200. The Morgan fingerprint density at radius 3 is 2.24 bits per heavy atom. The van der Waals surface area contributed by atoms with E-state index >= 15 is 0 Å². The first-order chi connectivity index (χ1) is 8.89. The molecule has 0 aliphatic carbocycles. The summed E-state index contributed by atoms with van der Waals surface area (Å²) in [6.45, 7) is 1.70. The van der Waals surface area contributed by atoms with Crippen LogP contribution in [0.15, 0.2) is 18.2 Å². The first-order valence-electron chi connectivity index (χ1n) is 5.89. The second-order valence-electron chi connectivity index (χ2n) is 4.44. The zero-order valence-corrected chi connectivity index (χ0v) is 13.2. The number of rotatable bonds is 2. The molecule has 0 aromatic heterocycles. The number of aromatic hydroxyl groups is 1. The normalized spacial score (nSPS) is 17.5. The number of phenolic OH excluding ortho intramolecular Hbond substituents is 1. The third-order valence-electron chi connectivity index (χ3n) is 3.11. The lowest BCUT2D eigenvalue weighted by Gasteiger charge is -2.36. The van der Waals surface area contributed by atoms with Gasteiger partial charge in [-0.3, -0.25) is 4.90 Å². The Morgan fingerprint density at radius 2 is 1.76 bits per heavy atom. The summed E-state index contributed by atoms with van der Waals surface area (Å²) in [6.07, 6.45) is -4.38. The van der Waals surface area contributed by atoms with Crippen LogP contribution in [-0.2, 0) is 0 Å². The highest BCUT2D eigenvalue weighted by Crippen LogP contribution is 2.39. The van der Waals surface area contributed by atoms with Gasteiger partial charge in [-0.05, 0) is 17.7 Å². The summed E-state index contributed by atoms with van der Waals surface area (Å²) in [5.74, 6) is -0.216. The SMILES string of the molecule is Cl.Cl.Oc1ccc([C@@H](N2CCNCC2)C(F)(F)F)cc1Cl.